The second kappa shape index (κ2) is 11.9. The molecule has 1 saturated heterocycles. The summed E-state index contributed by atoms with van der Waals surface area (Å²) < 4.78 is 39.4. The van der Waals surface area contributed by atoms with Crippen LogP contribution in [0, 0.1) is 5.92 Å². The number of para-hydroxylation sites is 2. The standard InChI is InChI=1S/C15H28NO4P.C8H10O2.2H2/c1-11(2)18-21(17,19-12(3)4)20-14-7-6-13-8-9-16(5)15(13)10-14;1-9-7-5-3-4-6-8(7)10-2;;/h10-13,15H,6-9H2,1-5H3;3-6H,1-2H3;2*1H. The van der Waals surface area contributed by atoms with Gasteiger partial charge in [-0.15, -0.1) is 0 Å². The Morgan fingerprint density at radius 1 is 1.00 bits per heavy atom. The van der Waals surface area contributed by atoms with Crippen LogP contribution in [0.25, 0.3) is 0 Å². The molecule has 0 aromatic heterocycles. The summed E-state index contributed by atoms with van der Waals surface area (Å²) in [5.41, 5.74) is 0. The van der Waals surface area contributed by atoms with Crippen molar-refractivity contribution in [3.63, 3.8) is 0 Å². The van der Waals surface area contributed by atoms with Gasteiger partial charge in [0.2, 0.25) is 0 Å². The second-order valence-corrected chi connectivity index (χ2v) is 9.89. The minimum Gasteiger partial charge on any atom is -0.493 e. The molecule has 1 aliphatic heterocycles. The van der Waals surface area contributed by atoms with Crippen molar-refractivity contribution in [1.29, 1.82) is 0 Å². The van der Waals surface area contributed by atoms with Gasteiger partial charge in [-0.2, -0.15) is 0 Å². The molecule has 0 bridgehead atoms. The quantitative estimate of drug-likeness (QED) is 0.432. The molecule has 0 N–H and O–H groups in total. The van der Waals surface area contributed by atoms with Crippen LogP contribution in [-0.4, -0.2) is 51.0 Å². The lowest BCUT2D eigenvalue weighted by atomic mass is 9.89. The Morgan fingerprint density at radius 3 is 2.03 bits per heavy atom. The molecule has 31 heavy (non-hydrogen) atoms. The highest BCUT2D eigenvalue weighted by Gasteiger charge is 2.37. The predicted molar refractivity (Wildman–Crippen MR) is 127 cm³/mol. The Balaban J connectivity index is 0.000000726. The first-order valence-electron chi connectivity index (χ1n) is 10.9. The zero-order valence-corrected chi connectivity index (χ0v) is 20.8. The van der Waals surface area contributed by atoms with Gasteiger partial charge in [-0.05, 0) is 78.3 Å². The van der Waals surface area contributed by atoms with Gasteiger partial charge in [0.1, 0.15) is 5.76 Å². The van der Waals surface area contributed by atoms with Crippen LogP contribution >= 0.6 is 7.82 Å². The van der Waals surface area contributed by atoms with Crippen molar-refractivity contribution in [2.45, 2.75) is 65.2 Å². The molecule has 0 amide bonds. The minimum atomic E-state index is -3.54. The molecule has 0 radical (unpaired) electrons. The number of phosphoric ester groups is 1. The van der Waals surface area contributed by atoms with Gasteiger partial charge < -0.3 is 14.0 Å². The molecule has 1 fully saturated rings. The summed E-state index contributed by atoms with van der Waals surface area (Å²) in [4.78, 5) is 2.32. The Morgan fingerprint density at radius 2 is 1.55 bits per heavy atom. The molecule has 180 valence electrons. The summed E-state index contributed by atoms with van der Waals surface area (Å²) >= 11 is 0. The molecular formula is C23H42NO6P. The van der Waals surface area contributed by atoms with E-state index in [1.54, 1.807) is 14.2 Å². The molecule has 0 saturated carbocycles. The summed E-state index contributed by atoms with van der Waals surface area (Å²) in [6.45, 7) is 8.43. The van der Waals surface area contributed by atoms with Gasteiger partial charge in [0.05, 0.1) is 26.4 Å². The van der Waals surface area contributed by atoms with Crippen LogP contribution in [0.5, 0.6) is 11.5 Å². The van der Waals surface area contributed by atoms with Gasteiger partial charge in [-0.25, -0.2) is 4.57 Å². The molecule has 3 rings (SSSR count). The maximum atomic E-state index is 12.8. The third-order valence-electron chi connectivity index (χ3n) is 5.16. The molecule has 8 heteroatoms. The van der Waals surface area contributed by atoms with Crippen molar-refractivity contribution < 1.29 is 30.5 Å². The van der Waals surface area contributed by atoms with Crippen LogP contribution in [0.15, 0.2) is 36.1 Å². The molecular weight excluding hydrogens is 417 g/mol. The zero-order chi connectivity index (χ0) is 23.0. The third kappa shape index (κ3) is 7.83. The SMILES string of the molecule is CC(C)OP(=O)(OC1=CC2C(CC1)CCN2C)OC(C)C.COc1ccccc1OC.[HH].[HH]. The van der Waals surface area contributed by atoms with E-state index in [9.17, 15) is 4.57 Å². The highest BCUT2D eigenvalue weighted by atomic mass is 31.2. The fourth-order valence-electron chi connectivity index (χ4n) is 3.82. The number of allylic oxidation sites excluding steroid dienone is 1. The first-order valence-corrected chi connectivity index (χ1v) is 12.4. The first-order chi connectivity index (χ1) is 14.7. The van der Waals surface area contributed by atoms with E-state index in [2.05, 4.69) is 18.0 Å². The number of rotatable bonds is 8. The molecule has 0 spiro atoms. The van der Waals surface area contributed by atoms with Gasteiger partial charge in [0, 0.05) is 15.3 Å². The fraction of sp³-hybridized carbons (Fsp3) is 0.652. The average molecular weight is 460 g/mol. The number of likely N-dealkylation sites (N-methyl/N-ethyl adjacent to an activating group) is 1. The summed E-state index contributed by atoms with van der Waals surface area (Å²) in [5, 5.41) is 0. The normalized spacial score (nSPS) is 21.3. The highest BCUT2D eigenvalue weighted by Crippen LogP contribution is 2.54. The summed E-state index contributed by atoms with van der Waals surface area (Å²) in [7, 11) is 1.83. The minimum absolute atomic E-state index is 0. The largest absolute Gasteiger partial charge is 0.530 e. The van der Waals surface area contributed by atoms with Gasteiger partial charge in [-0.1, -0.05) is 12.1 Å². The van der Waals surface area contributed by atoms with Crippen LogP contribution < -0.4 is 9.47 Å². The first kappa shape index (κ1) is 25.7. The van der Waals surface area contributed by atoms with E-state index in [4.69, 9.17) is 23.0 Å². The fourth-order valence-corrected chi connectivity index (χ4v) is 5.43. The van der Waals surface area contributed by atoms with E-state index < -0.39 is 7.82 Å². The number of benzene rings is 1. The Labute approximate surface area is 190 Å². The van der Waals surface area contributed by atoms with Crippen molar-refractivity contribution >= 4 is 7.82 Å². The van der Waals surface area contributed by atoms with E-state index in [0.717, 1.165) is 36.6 Å². The number of likely N-dealkylation sites (tertiary alicyclic amines) is 1. The van der Waals surface area contributed by atoms with Crippen molar-refractivity contribution in [2.75, 3.05) is 27.8 Å². The number of methoxy groups -OCH3 is 2. The zero-order valence-electron chi connectivity index (χ0n) is 19.9. The summed E-state index contributed by atoms with van der Waals surface area (Å²) in [5.74, 6) is 2.98. The molecule has 2 atom stereocenters. The van der Waals surface area contributed by atoms with Crippen LogP contribution in [-0.2, 0) is 18.1 Å². The van der Waals surface area contributed by atoms with Crippen LogP contribution in [0.4, 0.5) is 0 Å². The van der Waals surface area contributed by atoms with Crippen LogP contribution in [0.1, 0.15) is 49.8 Å². The van der Waals surface area contributed by atoms with E-state index >= 15 is 0 Å². The third-order valence-corrected chi connectivity index (χ3v) is 6.98. The van der Waals surface area contributed by atoms with Gasteiger partial charge in [0.25, 0.3) is 0 Å². The van der Waals surface area contributed by atoms with Crippen molar-refractivity contribution in [3.05, 3.63) is 36.1 Å². The van der Waals surface area contributed by atoms with E-state index in [1.165, 1.54) is 6.42 Å². The van der Waals surface area contributed by atoms with E-state index in [-0.39, 0.29) is 15.1 Å². The number of ether oxygens (including phenoxy) is 2. The molecule has 2 unspecified atom stereocenters. The summed E-state index contributed by atoms with van der Waals surface area (Å²) in [6, 6.07) is 7.92. The Bertz CT molecular complexity index is 740. The van der Waals surface area contributed by atoms with Crippen LogP contribution in [0.2, 0.25) is 0 Å². The lowest BCUT2D eigenvalue weighted by Gasteiger charge is -2.30. The maximum absolute atomic E-state index is 12.8. The molecule has 1 aromatic rings. The van der Waals surface area contributed by atoms with E-state index in [0.29, 0.717) is 12.0 Å². The van der Waals surface area contributed by atoms with Gasteiger partial charge in [0.15, 0.2) is 11.5 Å². The predicted octanol–water partition coefficient (Wildman–Crippen LogP) is 6.15. The second-order valence-electron chi connectivity index (χ2n) is 8.39. The monoisotopic (exact) mass is 459 g/mol. The van der Waals surface area contributed by atoms with Crippen molar-refractivity contribution in [3.8, 4) is 11.5 Å². The van der Waals surface area contributed by atoms with Crippen molar-refractivity contribution in [1.82, 2.24) is 4.90 Å². The number of hydrogen-bond donors (Lipinski definition) is 0. The van der Waals surface area contributed by atoms with Crippen molar-refractivity contribution in [2.24, 2.45) is 5.92 Å². The lowest BCUT2D eigenvalue weighted by molar-refractivity contribution is 0.0842. The maximum Gasteiger partial charge on any atom is 0.530 e. The number of fused-ring (bicyclic) bond motifs is 1. The number of nitrogens with zero attached hydrogens (tertiary/aromatic N) is 1. The number of phosphoric acid groups is 1. The smallest absolute Gasteiger partial charge is 0.493 e. The molecule has 2 aliphatic rings. The van der Waals surface area contributed by atoms with Crippen LogP contribution in [0.3, 0.4) is 0 Å². The van der Waals surface area contributed by atoms with E-state index in [1.807, 2.05) is 52.0 Å². The topological polar surface area (TPSA) is 66.5 Å². The molecule has 1 aliphatic carbocycles. The van der Waals surface area contributed by atoms with Gasteiger partial charge in [-0.3, -0.25) is 13.9 Å². The lowest BCUT2D eigenvalue weighted by Crippen LogP contribution is -2.30. The average Bonchev–Trinajstić information content (AvgIpc) is 3.07. The Hall–Kier alpha value is -1.53. The highest BCUT2D eigenvalue weighted by molar-refractivity contribution is 7.48. The Kier molecular flexibility index (Phi) is 9.89. The molecule has 7 nitrogen and oxygen atoms in total. The number of hydrogen-bond acceptors (Lipinski definition) is 7. The van der Waals surface area contributed by atoms with Gasteiger partial charge >= 0.3 is 7.82 Å². The summed E-state index contributed by atoms with van der Waals surface area (Å²) in [6.07, 6.45) is 4.79. The molecule has 1 aromatic carbocycles. The molecule has 1 heterocycles.